The number of benzene rings is 1. The summed E-state index contributed by atoms with van der Waals surface area (Å²) in [6.45, 7) is 4.89. The number of hydrogen-bond acceptors (Lipinski definition) is 8. The average Bonchev–Trinajstić information content (AvgIpc) is 3.39. The highest BCUT2D eigenvalue weighted by Crippen LogP contribution is 2.36. The van der Waals surface area contributed by atoms with Crippen LogP contribution in [0.2, 0.25) is 5.02 Å². The maximum Gasteiger partial charge on any atom is 0.223 e. The van der Waals surface area contributed by atoms with Crippen LogP contribution < -0.4 is 5.32 Å². The lowest BCUT2D eigenvalue weighted by Gasteiger charge is -2.32. The standard InChI is InChI=1S/C22H23ClFN5O4/c1-9-7-31-10(2)20-27-18-14(24)3-11(4-16(18)29(9)20)17-13(23)6-25-22(28-17)26-15-5-12-8-32-21(33-12)19(15)30/h3-4,6,9-10,12,15,19,21,30H,5,7-8H2,1-2H3,(H,25,26,28)/t9?,10?,12-,15?,19-,21+/m0/s1. The first-order valence-electron chi connectivity index (χ1n) is 11.0. The third-order valence-electron chi connectivity index (χ3n) is 6.48. The van der Waals surface area contributed by atoms with Gasteiger partial charge in [-0.25, -0.2) is 19.3 Å². The molecule has 0 aliphatic carbocycles. The van der Waals surface area contributed by atoms with E-state index in [0.29, 0.717) is 52.8 Å². The van der Waals surface area contributed by atoms with Crippen molar-refractivity contribution in [2.45, 2.75) is 57.0 Å². The van der Waals surface area contributed by atoms with Crippen LogP contribution in [0, 0.1) is 5.82 Å². The van der Waals surface area contributed by atoms with Gasteiger partial charge in [-0.15, -0.1) is 0 Å². The van der Waals surface area contributed by atoms with Crippen molar-refractivity contribution in [2.75, 3.05) is 18.5 Å². The monoisotopic (exact) mass is 475 g/mol. The second-order valence-corrected chi connectivity index (χ2v) is 9.22. The van der Waals surface area contributed by atoms with Gasteiger partial charge in [0.2, 0.25) is 5.95 Å². The Kier molecular flexibility index (Phi) is 5.04. The maximum atomic E-state index is 15.1. The van der Waals surface area contributed by atoms with E-state index in [0.717, 1.165) is 0 Å². The quantitative estimate of drug-likeness (QED) is 0.595. The summed E-state index contributed by atoms with van der Waals surface area (Å²) in [5.74, 6) is 0.522. The van der Waals surface area contributed by atoms with Gasteiger partial charge in [-0.2, -0.15) is 0 Å². The lowest BCUT2D eigenvalue weighted by Crippen LogP contribution is -2.48. The minimum atomic E-state index is -0.857. The summed E-state index contributed by atoms with van der Waals surface area (Å²) in [7, 11) is 0. The van der Waals surface area contributed by atoms with Crippen molar-refractivity contribution in [1.82, 2.24) is 19.5 Å². The summed E-state index contributed by atoms with van der Waals surface area (Å²) >= 11 is 6.42. The van der Waals surface area contributed by atoms with E-state index in [9.17, 15) is 5.11 Å². The Morgan fingerprint density at radius 2 is 2.06 bits per heavy atom. The van der Waals surface area contributed by atoms with Crippen LogP contribution in [0.5, 0.6) is 0 Å². The minimum absolute atomic E-state index is 0.0153. The van der Waals surface area contributed by atoms with E-state index in [-0.39, 0.29) is 30.2 Å². The first-order valence-corrected chi connectivity index (χ1v) is 11.3. The number of aromatic nitrogens is 4. The number of halogens is 2. The van der Waals surface area contributed by atoms with Gasteiger partial charge < -0.3 is 29.2 Å². The maximum absolute atomic E-state index is 15.1. The Labute approximate surface area is 193 Å². The van der Waals surface area contributed by atoms with E-state index < -0.39 is 18.2 Å². The number of nitrogens with zero attached hydrogens (tertiary/aromatic N) is 4. The normalized spacial score (nSPS) is 31.1. The highest BCUT2D eigenvalue weighted by atomic mass is 35.5. The first kappa shape index (κ1) is 21.2. The van der Waals surface area contributed by atoms with Crippen LogP contribution in [0.3, 0.4) is 0 Å². The highest BCUT2D eigenvalue weighted by Gasteiger charge is 2.43. The summed E-state index contributed by atoms with van der Waals surface area (Å²) in [6, 6.07) is 2.90. The molecule has 2 N–H and O–H groups in total. The number of imidazole rings is 1. The molecule has 0 saturated carbocycles. The Morgan fingerprint density at radius 3 is 2.91 bits per heavy atom. The van der Waals surface area contributed by atoms with Crippen LogP contribution in [-0.4, -0.2) is 62.4 Å². The third kappa shape index (κ3) is 3.48. The zero-order valence-electron chi connectivity index (χ0n) is 18.0. The van der Waals surface area contributed by atoms with Crippen LogP contribution in [0.4, 0.5) is 10.3 Å². The molecule has 1 aromatic carbocycles. The van der Waals surface area contributed by atoms with Crippen LogP contribution in [0.15, 0.2) is 18.3 Å². The molecule has 6 atom stereocenters. The number of aliphatic hydroxyl groups is 1. The number of anilines is 1. The highest BCUT2D eigenvalue weighted by molar-refractivity contribution is 6.33. The molecule has 33 heavy (non-hydrogen) atoms. The smallest absolute Gasteiger partial charge is 0.223 e. The van der Waals surface area contributed by atoms with Crippen LogP contribution in [0.25, 0.3) is 22.3 Å². The van der Waals surface area contributed by atoms with Crippen molar-refractivity contribution in [3.8, 4) is 11.3 Å². The molecule has 3 unspecified atom stereocenters. The van der Waals surface area contributed by atoms with Crippen molar-refractivity contribution in [3.05, 3.63) is 35.0 Å². The molecule has 5 heterocycles. The SMILES string of the molecule is CC1OCC(C)n2c1nc1c(F)cc(-c3nc(NC4C[C@H]5CO[C@H](O5)[C@H]4O)ncc3Cl)cc12. The van der Waals surface area contributed by atoms with Gasteiger partial charge in [-0.1, -0.05) is 11.6 Å². The van der Waals surface area contributed by atoms with Crippen LogP contribution in [-0.2, 0) is 14.2 Å². The molecule has 2 aromatic heterocycles. The van der Waals surface area contributed by atoms with Gasteiger partial charge in [0.05, 0.1) is 53.8 Å². The van der Waals surface area contributed by atoms with Crippen molar-refractivity contribution in [2.24, 2.45) is 0 Å². The van der Waals surface area contributed by atoms with Crippen molar-refractivity contribution < 1.29 is 23.7 Å². The largest absolute Gasteiger partial charge is 0.386 e. The fourth-order valence-electron chi connectivity index (χ4n) is 4.82. The summed E-state index contributed by atoms with van der Waals surface area (Å²) in [5.41, 5.74) is 1.86. The van der Waals surface area contributed by atoms with Crippen molar-refractivity contribution in [1.29, 1.82) is 0 Å². The van der Waals surface area contributed by atoms with Gasteiger partial charge in [0.25, 0.3) is 0 Å². The molecule has 2 saturated heterocycles. The molecule has 2 bridgehead atoms. The number of nitrogens with one attached hydrogen (secondary N) is 1. The molecular weight excluding hydrogens is 453 g/mol. The van der Waals surface area contributed by atoms with Gasteiger partial charge >= 0.3 is 0 Å². The summed E-state index contributed by atoms with van der Waals surface area (Å²) in [6.07, 6.45) is 0.200. The van der Waals surface area contributed by atoms with Crippen LogP contribution in [0.1, 0.15) is 38.2 Å². The molecule has 0 radical (unpaired) electrons. The molecule has 3 aliphatic heterocycles. The Balaban J connectivity index is 1.38. The van der Waals surface area contributed by atoms with Crippen molar-refractivity contribution >= 4 is 28.6 Å². The lowest BCUT2D eigenvalue weighted by molar-refractivity contribution is -0.156. The molecule has 174 valence electrons. The van der Waals surface area contributed by atoms with Gasteiger partial charge in [0, 0.05) is 5.56 Å². The fourth-order valence-corrected chi connectivity index (χ4v) is 5.02. The van der Waals surface area contributed by atoms with Gasteiger partial charge in [0.1, 0.15) is 23.5 Å². The predicted octanol–water partition coefficient (Wildman–Crippen LogP) is 3.22. The Bertz CT molecular complexity index is 1240. The third-order valence-corrected chi connectivity index (χ3v) is 6.76. The predicted molar refractivity (Wildman–Crippen MR) is 117 cm³/mol. The van der Waals surface area contributed by atoms with Crippen LogP contribution >= 0.6 is 11.6 Å². The Hall–Kier alpha value is -2.37. The van der Waals surface area contributed by atoms with E-state index in [1.54, 1.807) is 0 Å². The number of rotatable bonds is 3. The summed E-state index contributed by atoms with van der Waals surface area (Å²) in [5, 5.41) is 13.9. The molecule has 6 rings (SSSR count). The molecule has 2 fully saturated rings. The summed E-state index contributed by atoms with van der Waals surface area (Å²) < 4.78 is 33.9. The number of ether oxygens (including phenoxy) is 3. The fraction of sp³-hybridized carbons (Fsp3) is 0.500. The molecule has 11 heteroatoms. The molecule has 9 nitrogen and oxygen atoms in total. The molecular formula is C22H23ClFN5O4. The van der Waals surface area contributed by atoms with Gasteiger partial charge in [-0.05, 0) is 32.4 Å². The van der Waals surface area contributed by atoms with E-state index in [1.807, 2.05) is 24.5 Å². The van der Waals surface area contributed by atoms with E-state index in [4.69, 9.17) is 25.8 Å². The molecule has 3 aliphatic rings. The molecule has 3 aromatic rings. The minimum Gasteiger partial charge on any atom is -0.386 e. The van der Waals surface area contributed by atoms with E-state index in [1.165, 1.54) is 12.3 Å². The van der Waals surface area contributed by atoms with Gasteiger partial charge in [-0.3, -0.25) is 0 Å². The zero-order valence-corrected chi connectivity index (χ0v) is 18.8. The first-order chi connectivity index (χ1) is 15.9. The molecule has 0 amide bonds. The zero-order chi connectivity index (χ0) is 22.9. The summed E-state index contributed by atoms with van der Waals surface area (Å²) in [4.78, 5) is 13.3. The topological polar surface area (TPSA) is 104 Å². The lowest BCUT2D eigenvalue weighted by atomic mass is 10.0. The molecule has 0 spiro atoms. The van der Waals surface area contributed by atoms with E-state index in [2.05, 4.69) is 20.3 Å². The second kappa shape index (κ2) is 7.85. The second-order valence-electron chi connectivity index (χ2n) is 8.82. The van der Waals surface area contributed by atoms with Gasteiger partial charge in [0.15, 0.2) is 12.1 Å². The number of fused-ring (bicyclic) bond motifs is 5. The average molecular weight is 476 g/mol. The van der Waals surface area contributed by atoms with Crippen molar-refractivity contribution in [3.63, 3.8) is 0 Å². The number of hydrogen-bond donors (Lipinski definition) is 2. The van der Waals surface area contributed by atoms with E-state index >= 15 is 4.39 Å². The number of aliphatic hydroxyl groups excluding tert-OH is 1. The Morgan fingerprint density at radius 1 is 1.21 bits per heavy atom.